The Balaban J connectivity index is 1.44. The quantitative estimate of drug-likeness (QED) is 0.633. The number of alkyl halides is 3. The summed E-state index contributed by atoms with van der Waals surface area (Å²) in [5.74, 6) is -0.121. The van der Waals surface area contributed by atoms with E-state index in [0.717, 1.165) is 21.5 Å². The van der Waals surface area contributed by atoms with Gasteiger partial charge in [0, 0.05) is 30.5 Å². The number of nitrogens with one attached hydrogen (secondary N) is 1. The van der Waals surface area contributed by atoms with Gasteiger partial charge in [-0.1, -0.05) is 30.3 Å². The molecule has 2 aliphatic heterocycles. The van der Waals surface area contributed by atoms with Crippen LogP contribution in [0.25, 0.3) is 0 Å². The van der Waals surface area contributed by atoms with Crippen LogP contribution >= 0.6 is 11.3 Å². The number of carbonyl (C=O) groups is 1. The molecule has 0 aliphatic carbocycles. The molecule has 0 bridgehead atoms. The zero-order valence-electron chi connectivity index (χ0n) is 15.9. The minimum atomic E-state index is -4.46. The van der Waals surface area contributed by atoms with Crippen LogP contribution in [0.1, 0.15) is 45.0 Å². The Morgan fingerprint density at radius 1 is 1.17 bits per heavy atom. The van der Waals surface area contributed by atoms with Crippen LogP contribution in [0.4, 0.5) is 19.0 Å². The van der Waals surface area contributed by atoms with Gasteiger partial charge in [-0.25, -0.2) is 4.68 Å². The number of thiophene rings is 1. The second kappa shape index (κ2) is 7.16. The standard InChI is InChI=1S/C21H19F3N4OS/c22-21(23,24)18-10-15(17-6-3-9-30-17)25-19-11-16(26-28(18)19)20(29)27-8-7-13-4-1-2-5-14(13)12-27/h1-6,9,11,15,18,25H,7-8,10,12H2. The highest BCUT2D eigenvalue weighted by Gasteiger charge is 2.47. The average Bonchev–Trinajstić information content (AvgIpc) is 3.41. The van der Waals surface area contributed by atoms with Crippen molar-refractivity contribution in [1.29, 1.82) is 0 Å². The normalized spacial score (nSPS) is 21.0. The Morgan fingerprint density at radius 3 is 2.70 bits per heavy atom. The van der Waals surface area contributed by atoms with Crippen LogP contribution in [0.3, 0.4) is 0 Å². The Hall–Kier alpha value is -2.81. The third-order valence-electron chi connectivity index (χ3n) is 5.71. The van der Waals surface area contributed by atoms with E-state index in [2.05, 4.69) is 10.4 Å². The molecule has 5 rings (SSSR count). The predicted octanol–water partition coefficient (Wildman–Crippen LogP) is 4.80. The fourth-order valence-corrected chi connectivity index (χ4v) is 4.98. The van der Waals surface area contributed by atoms with Crippen LogP contribution in [-0.2, 0) is 13.0 Å². The average molecular weight is 432 g/mol. The van der Waals surface area contributed by atoms with Crippen molar-refractivity contribution in [2.24, 2.45) is 0 Å². The lowest BCUT2D eigenvalue weighted by atomic mass is 10.00. The summed E-state index contributed by atoms with van der Waals surface area (Å²) in [6.07, 6.45) is -3.90. The summed E-state index contributed by atoms with van der Waals surface area (Å²) in [6, 6.07) is 10.7. The number of benzene rings is 1. The molecule has 30 heavy (non-hydrogen) atoms. The number of anilines is 1. The monoisotopic (exact) mass is 432 g/mol. The summed E-state index contributed by atoms with van der Waals surface area (Å²) >= 11 is 1.41. The molecule has 0 radical (unpaired) electrons. The van der Waals surface area contributed by atoms with E-state index in [0.29, 0.717) is 13.1 Å². The van der Waals surface area contributed by atoms with E-state index < -0.39 is 18.3 Å². The largest absolute Gasteiger partial charge is 0.410 e. The van der Waals surface area contributed by atoms with Gasteiger partial charge in [-0.15, -0.1) is 11.3 Å². The van der Waals surface area contributed by atoms with Gasteiger partial charge in [0.15, 0.2) is 11.7 Å². The third kappa shape index (κ3) is 3.36. The van der Waals surface area contributed by atoms with Crippen molar-refractivity contribution < 1.29 is 18.0 Å². The fraction of sp³-hybridized carbons (Fsp3) is 0.333. The molecule has 0 saturated carbocycles. The highest BCUT2D eigenvalue weighted by molar-refractivity contribution is 7.10. The molecule has 1 N–H and O–H groups in total. The first-order valence-corrected chi connectivity index (χ1v) is 10.6. The number of aromatic nitrogens is 2. The van der Waals surface area contributed by atoms with Gasteiger partial charge in [-0.2, -0.15) is 18.3 Å². The van der Waals surface area contributed by atoms with Gasteiger partial charge in [0.2, 0.25) is 0 Å². The number of hydrogen-bond acceptors (Lipinski definition) is 4. The highest BCUT2D eigenvalue weighted by Crippen LogP contribution is 2.44. The Kier molecular flexibility index (Phi) is 4.57. The zero-order valence-corrected chi connectivity index (χ0v) is 16.7. The lowest BCUT2D eigenvalue weighted by Crippen LogP contribution is -2.37. The molecule has 0 spiro atoms. The first-order chi connectivity index (χ1) is 14.4. The first kappa shape index (κ1) is 19.2. The van der Waals surface area contributed by atoms with Crippen molar-refractivity contribution in [3.05, 3.63) is 69.5 Å². The summed E-state index contributed by atoms with van der Waals surface area (Å²) < 4.78 is 42.3. The molecule has 0 saturated heterocycles. The lowest BCUT2D eigenvalue weighted by molar-refractivity contribution is -0.173. The van der Waals surface area contributed by atoms with Gasteiger partial charge in [0.05, 0.1) is 6.04 Å². The van der Waals surface area contributed by atoms with Gasteiger partial charge in [0.1, 0.15) is 5.82 Å². The van der Waals surface area contributed by atoms with E-state index in [1.807, 2.05) is 41.8 Å². The van der Waals surface area contributed by atoms with Gasteiger partial charge < -0.3 is 10.2 Å². The lowest BCUT2D eigenvalue weighted by Gasteiger charge is -2.32. The molecule has 0 fully saturated rings. The summed E-state index contributed by atoms with van der Waals surface area (Å²) in [5.41, 5.74) is 2.30. The van der Waals surface area contributed by atoms with Crippen molar-refractivity contribution in [3.63, 3.8) is 0 Å². The van der Waals surface area contributed by atoms with Crippen LogP contribution < -0.4 is 5.32 Å². The van der Waals surface area contributed by atoms with Crippen molar-refractivity contribution in [1.82, 2.24) is 14.7 Å². The molecule has 3 aromatic rings. The zero-order chi connectivity index (χ0) is 20.9. The van der Waals surface area contributed by atoms with Crippen molar-refractivity contribution in [2.75, 3.05) is 11.9 Å². The maximum atomic E-state index is 13.8. The van der Waals surface area contributed by atoms with Crippen LogP contribution in [-0.4, -0.2) is 33.3 Å². The number of amides is 1. The summed E-state index contributed by atoms with van der Waals surface area (Å²) in [4.78, 5) is 15.5. The van der Waals surface area contributed by atoms with Crippen molar-refractivity contribution in [3.8, 4) is 0 Å². The number of fused-ring (bicyclic) bond motifs is 2. The van der Waals surface area contributed by atoms with Crippen molar-refractivity contribution in [2.45, 2.75) is 37.6 Å². The number of carbonyl (C=O) groups excluding carboxylic acids is 1. The Morgan fingerprint density at radius 2 is 1.97 bits per heavy atom. The van der Waals surface area contributed by atoms with E-state index >= 15 is 0 Å². The molecule has 2 atom stereocenters. The van der Waals surface area contributed by atoms with E-state index in [1.54, 1.807) is 4.90 Å². The molecule has 4 heterocycles. The first-order valence-electron chi connectivity index (χ1n) is 9.72. The second-order valence-corrected chi connectivity index (χ2v) is 8.59. The minimum Gasteiger partial charge on any atom is -0.363 e. The maximum Gasteiger partial charge on any atom is 0.410 e. The van der Waals surface area contributed by atoms with Gasteiger partial charge in [-0.3, -0.25) is 4.79 Å². The van der Waals surface area contributed by atoms with E-state index in [4.69, 9.17) is 0 Å². The topological polar surface area (TPSA) is 50.2 Å². The minimum absolute atomic E-state index is 0.0398. The fourth-order valence-electron chi connectivity index (χ4n) is 4.19. The van der Waals surface area contributed by atoms with Gasteiger partial charge >= 0.3 is 6.18 Å². The molecular formula is C21H19F3N4OS. The van der Waals surface area contributed by atoms with E-state index in [1.165, 1.54) is 23.0 Å². The predicted molar refractivity (Wildman–Crippen MR) is 108 cm³/mol. The van der Waals surface area contributed by atoms with E-state index in [-0.39, 0.29) is 23.8 Å². The molecule has 2 aliphatic rings. The summed E-state index contributed by atoms with van der Waals surface area (Å²) in [7, 11) is 0. The SMILES string of the molecule is O=C(c1cc2n(n1)C(C(F)(F)F)CC(c1cccs1)N2)N1CCc2ccccc2C1. The second-order valence-electron chi connectivity index (χ2n) is 7.61. The molecule has 156 valence electrons. The molecular weight excluding hydrogens is 413 g/mol. The molecule has 2 unspecified atom stereocenters. The van der Waals surface area contributed by atoms with Gasteiger partial charge in [-0.05, 0) is 29.0 Å². The molecule has 9 heteroatoms. The highest BCUT2D eigenvalue weighted by atomic mass is 32.1. The Labute approximate surface area is 175 Å². The molecule has 1 aromatic carbocycles. The number of hydrogen-bond donors (Lipinski definition) is 1. The van der Waals surface area contributed by atoms with Gasteiger partial charge in [0.25, 0.3) is 5.91 Å². The van der Waals surface area contributed by atoms with Crippen LogP contribution in [0.2, 0.25) is 0 Å². The Bertz CT molecular complexity index is 1080. The number of nitrogens with zero attached hydrogens (tertiary/aromatic N) is 3. The number of rotatable bonds is 2. The molecule has 2 aromatic heterocycles. The van der Waals surface area contributed by atoms with Crippen LogP contribution in [0, 0.1) is 0 Å². The smallest absolute Gasteiger partial charge is 0.363 e. The summed E-state index contributed by atoms with van der Waals surface area (Å²) in [5, 5.41) is 9.07. The number of halogens is 3. The van der Waals surface area contributed by atoms with Crippen molar-refractivity contribution >= 4 is 23.1 Å². The molecule has 5 nitrogen and oxygen atoms in total. The van der Waals surface area contributed by atoms with E-state index in [9.17, 15) is 18.0 Å². The summed E-state index contributed by atoms with van der Waals surface area (Å²) in [6.45, 7) is 0.955. The van der Waals surface area contributed by atoms with Crippen LogP contribution in [0.5, 0.6) is 0 Å². The molecule has 1 amide bonds. The van der Waals surface area contributed by atoms with Crippen LogP contribution in [0.15, 0.2) is 47.8 Å². The maximum absolute atomic E-state index is 13.8. The third-order valence-corrected chi connectivity index (χ3v) is 6.70.